The average Bonchev–Trinajstić information content (AvgIpc) is 4.18. The van der Waals surface area contributed by atoms with Gasteiger partial charge in [-0.3, -0.25) is 9.59 Å². The molecule has 0 radical (unpaired) electrons. The molecule has 0 fully saturated rings. The number of aryl methyl sites for hydroxylation is 4. The molecular formula is C54H46N6O6. The molecule has 0 spiro atoms. The second kappa shape index (κ2) is 16.0. The number of nitrogens with one attached hydrogen (secondary N) is 2. The molecule has 4 unspecified atom stereocenters. The monoisotopic (exact) mass is 874 g/mol. The van der Waals surface area contributed by atoms with Gasteiger partial charge in [0.15, 0.2) is 0 Å². The molecule has 12 nitrogen and oxygen atoms in total. The van der Waals surface area contributed by atoms with Crippen LogP contribution in [0.4, 0.5) is 11.6 Å². The van der Waals surface area contributed by atoms with Gasteiger partial charge < -0.3 is 40.4 Å². The van der Waals surface area contributed by atoms with Crippen molar-refractivity contribution in [3.8, 4) is 22.6 Å². The van der Waals surface area contributed by atoms with Crippen LogP contribution in [-0.4, -0.2) is 21.8 Å². The van der Waals surface area contributed by atoms with Crippen LogP contribution < -0.4 is 22.1 Å². The van der Waals surface area contributed by atoms with Gasteiger partial charge in [0.2, 0.25) is 0 Å². The van der Waals surface area contributed by atoms with Crippen LogP contribution in [-0.2, 0) is 22.6 Å². The van der Waals surface area contributed by atoms with Crippen molar-refractivity contribution in [3.05, 3.63) is 211 Å². The smallest absolute Gasteiger partial charge is 0.251 e. The van der Waals surface area contributed by atoms with E-state index in [4.69, 9.17) is 29.8 Å². The molecule has 4 atom stereocenters. The van der Waals surface area contributed by atoms with E-state index in [1.807, 2.05) is 100 Å². The van der Waals surface area contributed by atoms with E-state index in [9.17, 15) is 9.59 Å². The Bertz CT molecular complexity index is 3200. The summed E-state index contributed by atoms with van der Waals surface area (Å²) in [4.78, 5) is 34.5. The van der Waals surface area contributed by atoms with Crippen LogP contribution in [0.15, 0.2) is 131 Å². The molecule has 8 heterocycles. The van der Waals surface area contributed by atoms with Crippen molar-refractivity contribution in [2.24, 2.45) is 0 Å². The molecule has 2 amide bonds. The highest BCUT2D eigenvalue weighted by atomic mass is 16.5. The van der Waals surface area contributed by atoms with Crippen LogP contribution in [0.25, 0.3) is 22.6 Å². The van der Waals surface area contributed by atoms with Gasteiger partial charge in [0, 0.05) is 46.7 Å². The standard InChI is InChI=1S/2C27H23N3O3/c1-14-10-24(28)30-15(2)22(14)13-29-27(31)17-6-8-19-21(12-17)26-18-7-5-16(23-4-3-9-32-23)11-20(18)25(19)33-26;1-14-10-24(28)30-15(2)22(14)13-29-27(31)17-6-8-19-21(12-17)26-20-11-16(23-4-3-9-32-23)5-7-18(20)25(19)33-26/h2*3-12,25-26H,13H2,1-2H3,(H2,28,30)(H,29,31). The molecule has 4 bridgehead atoms. The lowest BCUT2D eigenvalue weighted by Crippen LogP contribution is -2.24. The van der Waals surface area contributed by atoms with Gasteiger partial charge in [-0.05, 0) is 167 Å². The molecule has 66 heavy (non-hydrogen) atoms. The summed E-state index contributed by atoms with van der Waals surface area (Å²) in [5.74, 6) is 2.41. The first kappa shape index (κ1) is 40.9. The maximum absolute atomic E-state index is 13.0. The Labute approximate surface area is 381 Å². The number of carbonyl (C=O) groups is 2. The van der Waals surface area contributed by atoms with E-state index in [2.05, 4.69) is 57.0 Å². The van der Waals surface area contributed by atoms with E-state index in [-0.39, 0.29) is 36.2 Å². The number of ether oxygens (including phenoxy) is 2. The number of benzene rings is 4. The summed E-state index contributed by atoms with van der Waals surface area (Å²) in [5, 5.41) is 6.05. The summed E-state index contributed by atoms with van der Waals surface area (Å²) >= 11 is 0. The Kier molecular flexibility index (Phi) is 9.94. The van der Waals surface area contributed by atoms with Crippen LogP contribution in [0.2, 0.25) is 0 Å². The van der Waals surface area contributed by atoms with Crippen molar-refractivity contribution >= 4 is 23.5 Å². The molecule has 12 rings (SSSR count). The fourth-order valence-corrected chi connectivity index (χ4v) is 10.0. The summed E-state index contributed by atoms with van der Waals surface area (Å²) in [5.41, 5.74) is 29.6. The normalized spacial score (nSPS) is 17.6. The fraction of sp³-hybridized carbons (Fsp3) is 0.185. The lowest BCUT2D eigenvalue weighted by Gasteiger charge is -2.17. The number of hydrogen-bond donors (Lipinski definition) is 4. The number of aromatic nitrogens is 2. The summed E-state index contributed by atoms with van der Waals surface area (Å²) in [6, 6.07) is 35.6. The van der Waals surface area contributed by atoms with Crippen molar-refractivity contribution in [3.63, 3.8) is 0 Å². The summed E-state index contributed by atoms with van der Waals surface area (Å²) < 4.78 is 23.7. The van der Waals surface area contributed by atoms with Crippen LogP contribution in [0.3, 0.4) is 0 Å². The molecule has 12 heteroatoms. The zero-order chi connectivity index (χ0) is 45.4. The van der Waals surface area contributed by atoms with Gasteiger partial charge in [-0.25, -0.2) is 9.97 Å². The highest BCUT2D eigenvalue weighted by Crippen LogP contribution is 2.56. The Morgan fingerprint density at radius 3 is 1.27 bits per heavy atom. The van der Waals surface area contributed by atoms with E-state index >= 15 is 0 Å². The first-order chi connectivity index (χ1) is 32.0. The minimum Gasteiger partial charge on any atom is -0.464 e. The Balaban J connectivity index is 0.000000146. The maximum Gasteiger partial charge on any atom is 0.251 e. The number of rotatable bonds is 8. The molecular weight excluding hydrogens is 829 g/mol. The Morgan fingerprint density at radius 2 is 0.879 bits per heavy atom. The first-order valence-electron chi connectivity index (χ1n) is 21.9. The summed E-state index contributed by atoms with van der Waals surface area (Å²) in [7, 11) is 0. The maximum atomic E-state index is 13.0. The molecule has 0 aliphatic carbocycles. The van der Waals surface area contributed by atoms with Gasteiger partial charge in [-0.1, -0.05) is 36.4 Å². The minimum absolute atomic E-state index is 0.0890. The molecule has 4 aliphatic rings. The van der Waals surface area contributed by atoms with E-state index in [1.165, 1.54) is 11.1 Å². The number of fused-ring (bicyclic) bond motifs is 16. The van der Waals surface area contributed by atoms with Gasteiger partial charge in [0.1, 0.15) is 47.6 Å². The van der Waals surface area contributed by atoms with Gasteiger partial charge in [-0.15, -0.1) is 0 Å². The highest BCUT2D eigenvalue weighted by molar-refractivity contribution is 5.95. The van der Waals surface area contributed by atoms with Crippen molar-refractivity contribution in [1.82, 2.24) is 20.6 Å². The van der Waals surface area contributed by atoms with Crippen molar-refractivity contribution in [2.45, 2.75) is 65.2 Å². The van der Waals surface area contributed by atoms with Crippen LogP contribution in [0, 0.1) is 27.7 Å². The van der Waals surface area contributed by atoms with Crippen LogP contribution in [0.1, 0.15) is 123 Å². The van der Waals surface area contributed by atoms with Crippen LogP contribution in [0.5, 0.6) is 0 Å². The SMILES string of the molecule is Cc1cc(N)nc(C)c1CNC(=O)c1ccc2c(c1)C1OC2c2cc(-c3ccco3)ccc21.Cc1cc(N)nc(C)c1CNC(=O)c1ccc2c(c1)C1OC2c2ccc(-c3ccco3)cc21. The summed E-state index contributed by atoms with van der Waals surface area (Å²) in [6.45, 7) is 8.57. The van der Waals surface area contributed by atoms with Gasteiger partial charge >= 0.3 is 0 Å². The number of nitrogens with zero attached hydrogens (tertiary/aromatic N) is 2. The molecule has 8 aromatic rings. The van der Waals surface area contributed by atoms with E-state index < -0.39 is 0 Å². The number of amides is 2. The zero-order valence-electron chi connectivity index (χ0n) is 36.8. The predicted octanol–water partition coefficient (Wildman–Crippen LogP) is 9.99. The molecule has 0 saturated carbocycles. The fourth-order valence-electron chi connectivity index (χ4n) is 10.0. The lowest BCUT2D eigenvalue weighted by molar-refractivity contribution is 0.0856. The van der Waals surface area contributed by atoms with Crippen molar-refractivity contribution in [2.75, 3.05) is 11.5 Å². The van der Waals surface area contributed by atoms with E-state index in [0.29, 0.717) is 35.9 Å². The van der Waals surface area contributed by atoms with Crippen LogP contribution >= 0.6 is 0 Å². The zero-order valence-corrected chi connectivity index (χ0v) is 36.8. The number of carbonyl (C=O) groups excluding carboxylic acids is 2. The molecule has 328 valence electrons. The minimum atomic E-state index is -0.173. The summed E-state index contributed by atoms with van der Waals surface area (Å²) in [6.07, 6.45) is 2.83. The number of anilines is 2. The lowest BCUT2D eigenvalue weighted by atomic mass is 9.84. The third-order valence-corrected chi connectivity index (χ3v) is 13.3. The number of pyridine rings is 2. The quantitative estimate of drug-likeness (QED) is 0.115. The number of hydrogen-bond acceptors (Lipinski definition) is 10. The van der Waals surface area contributed by atoms with Crippen molar-refractivity contribution in [1.29, 1.82) is 0 Å². The molecule has 4 aromatic carbocycles. The first-order valence-corrected chi connectivity index (χ1v) is 21.9. The topological polar surface area (TPSA) is 181 Å². The van der Waals surface area contributed by atoms with Gasteiger partial charge in [0.05, 0.1) is 12.5 Å². The van der Waals surface area contributed by atoms with Gasteiger partial charge in [0.25, 0.3) is 11.8 Å². The Hall–Kier alpha value is -7.80. The highest BCUT2D eigenvalue weighted by Gasteiger charge is 2.44. The second-order valence-corrected chi connectivity index (χ2v) is 17.3. The third-order valence-electron chi connectivity index (χ3n) is 13.3. The number of nitrogen functional groups attached to an aromatic ring is 2. The molecule has 0 saturated heterocycles. The molecule has 4 aromatic heterocycles. The van der Waals surface area contributed by atoms with E-state index in [0.717, 1.165) is 89.7 Å². The van der Waals surface area contributed by atoms with E-state index in [1.54, 1.807) is 12.5 Å². The third kappa shape index (κ3) is 7.02. The van der Waals surface area contributed by atoms with Gasteiger partial charge in [-0.2, -0.15) is 0 Å². The second-order valence-electron chi connectivity index (χ2n) is 17.3. The molecule has 4 aliphatic heterocycles. The average molecular weight is 875 g/mol. The largest absolute Gasteiger partial charge is 0.464 e. The molecule has 6 N–H and O–H groups in total. The number of furan rings is 2. The predicted molar refractivity (Wildman–Crippen MR) is 249 cm³/mol. The Morgan fingerprint density at radius 1 is 0.500 bits per heavy atom. The van der Waals surface area contributed by atoms with Crippen molar-refractivity contribution < 1.29 is 27.9 Å². The number of nitrogens with two attached hydrogens (primary N) is 2.